The summed E-state index contributed by atoms with van der Waals surface area (Å²) in [7, 11) is 0. The molecule has 2 nitrogen and oxygen atoms in total. The number of hydrogen-bond acceptors (Lipinski definition) is 3. The van der Waals surface area contributed by atoms with E-state index in [2.05, 4.69) is 9.97 Å². The van der Waals surface area contributed by atoms with E-state index in [-0.39, 0.29) is 0 Å². The van der Waals surface area contributed by atoms with Gasteiger partial charge in [-0.05, 0) is 19.1 Å². The predicted octanol–water partition coefficient (Wildman–Crippen LogP) is 3.25. The van der Waals surface area contributed by atoms with Gasteiger partial charge < -0.3 is 0 Å². The molecule has 0 bridgehead atoms. The zero-order valence-corrected chi connectivity index (χ0v) is 9.27. The van der Waals surface area contributed by atoms with Crippen LogP contribution < -0.4 is 0 Å². The maximum atomic E-state index is 5.73. The molecule has 0 aromatic carbocycles. The molecule has 4 heteroatoms. The molecule has 0 unspecified atom stereocenters. The van der Waals surface area contributed by atoms with Crippen molar-refractivity contribution in [3.8, 4) is 11.4 Å². The summed E-state index contributed by atoms with van der Waals surface area (Å²) in [6, 6.07) is 5.81. The summed E-state index contributed by atoms with van der Waals surface area (Å²) >= 11 is 7.35. The van der Waals surface area contributed by atoms with Gasteiger partial charge in [-0.15, -0.1) is 22.9 Å². The van der Waals surface area contributed by atoms with Gasteiger partial charge in [0.15, 0.2) is 0 Å². The summed E-state index contributed by atoms with van der Waals surface area (Å²) < 4.78 is 0. The Morgan fingerprint density at radius 1 is 1.43 bits per heavy atom. The lowest BCUT2D eigenvalue weighted by Gasteiger charge is -1.95. The molecule has 2 rings (SSSR count). The summed E-state index contributed by atoms with van der Waals surface area (Å²) in [5.74, 6) is 0.471. The minimum Gasteiger partial charge on any atom is -0.255 e. The number of nitrogens with zero attached hydrogens (tertiary/aromatic N) is 2. The van der Waals surface area contributed by atoms with Crippen molar-refractivity contribution in [1.82, 2.24) is 9.97 Å². The molecule has 0 saturated heterocycles. The molecule has 0 amide bonds. The van der Waals surface area contributed by atoms with Crippen molar-refractivity contribution in [2.45, 2.75) is 12.8 Å². The van der Waals surface area contributed by atoms with Gasteiger partial charge in [0.2, 0.25) is 0 Å². The molecular formula is C10H9ClN2S. The van der Waals surface area contributed by atoms with Crippen molar-refractivity contribution in [3.05, 3.63) is 34.3 Å². The molecule has 0 N–H and O–H groups in total. The van der Waals surface area contributed by atoms with E-state index in [1.54, 1.807) is 17.5 Å². The standard InChI is InChI=1S/C10H9ClN2S/c1-7-10(13-9(6-11)14-7)8-4-2-3-5-12-8/h2-5H,6H2,1H3. The lowest BCUT2D eigenvalue weighted by atomic mass is 10.2. The SMILES string of the molecule is Cc1sc(CCl)nc1-c1ccccn1. The molecule has 0 spiro atoms. The summed E-state index contributed by atoms with van der Waals surface area (Å²) in [5.41, 5.74) is 1.86. The third-order valence-corrected chi connectivity index (χ3v) is 3.25. The second kappa shape index (κ2) is 4.07. The van der Waals surface area contributed by atoms with Gasteiger partial charge in [-0.25, -0.2) is 4.98 Å². The van der Waals surface area contributed by atoms with Gasteiger partial charge in [-0.1, -0.05) is 6.07 Å². The monoisotopic (exact) mass is 224 g/mol. The van der Waals surface area contributed by atoms with Crippen LogP contribution in [0.3, 0.4) is 0 Å². The van der Waals surface area contributed by atoms with Crippen LogP contribution in [0.5, 0.6) is 0 Å². The average Bonchev–Trinajstić information content (AvgIpc) is 2.61. The number of thiazole rings is 1. The summed E-state index contributed by atoms with van der Waals surface area (Å²) in [6.07, 6.45) is 1.77. The van der Waals surface area contributed by atoms with E-state index < -0.39 is 0 Å². The number of alkyl halides is 1. The fraction of sp³-hybridized carbons (Fsp3) is 0.200. The Hall–Kier alpha value is -0.930. The van der Waals surface area contributed by atoms with Gasteiger partial charge in [0.05, 0.1) is 11.6 Å². The number of halogens is 1. The van der Waals surface area contributed by atoms with Crippen LogP contribution in [0.25, 0.3) is 11.4 Å². The zero-order chi connectivity index (χ0) is 9.97. The smallest absolute Gasteiger partial charge is 0.108 e. The van der Waals surface area contributed by atoms with E-state index >= 15 is 0 Å². The van der Waals surface area contributed by atoms with Crippen LogP contribution in [0.1, 0.15) is 9.88 Å². The number of aromatic nitrogens is 2. The van der Waals surface area contributed by atoms with Crippen molar-refractivity contribution in [2.75, 3.05) is 0 Å². The Kier molecular flexibility index (Phi) is 2.79. The second-order valence-electron chi connectivity index (χ2n) is 2.86. The molecule has 0 aliphatic rings. The normalized spacial score (nSPS) is 10.4. The largest absolute Gasteiger partial charge is 0.255 e. The van der Waals surface area contributed by atoms with Crippen LogP contribution >= 0.6 is 22.9 Å². The van der Waals surface area contributed by atoms with Crippen molar-refractivity contribution < 1.29 is 0 Å². The Bertz CT molecular complexity index is 425. The molecule has 0 radical (unpaired) electrons. The summed E-state index contributed by atoms with van der Waals surface area (Å²) in [5, 5.41) is 0.949. The van der Waals surface area contributed by atoms with Gasteiger partial charge >= 0.3 is 0 Å². The van der Waals surface area contributed by atoms with Crippen molar-refractivity contribution >= 4 is 22.9 Å². The third-order valence-electron chi connectivity index (χ3n) is 1.86. The predicted molar refractivity (Wildman–Crippen MR) is 59.6 cm³/mol. The Morgan fingerprint density at radius 3 is 2.86 bits per heavy atom. The lowest BCUT2D eigenvalue weighted by molar-refractivity contribution is 1.21. The number of pyridine rings is 1. The van der Waals surface area contributed by atoms with Gasteiger partial charge in [0.1, 0.15) is 10.7 Å². The maximum absolute atomic E-state index is 5.73. The third kappa shape index (κ3) is 1.79. The fourth-order valence-corrected chi connectivity index (χ4v) is 2.26. The van der Waals surface area contributed by atoms with Gasteiger partial charge in [0.25, 0.3) is 0 Å². The first kappa shape index (κ1) is 9.62. The first-order chi connectivity index (χ1) is 6.81. The highest BCUT2D eigenvalue weighted by atomic mass is 35.5. The number of aryl methyl sites for hydroxylation is 1. The van der Waals surface area contributed by atoms with Crippen LogP contribution in [-0.2, 0) is 5.88 Å². The van der Waals surface area contributed by atoms with E-state index in [0.717, 1.165) is 16.4 Å². The highest BCUT2D eigenvalue weighted by Crippen LogP contribution is 2.26. The number of hydrogen-bond donors (Lipinski definition) is 0. The van der Waals surface area contributed by atoms with Gasteiger partial charge in [0, 0.05) is 11.1 Å². The van der Waals surface area contributed by atoms with Crippen molar-refractivity contribution in [1.29, 1.82) is 0 Å². The van der Waals surface area contributed by atoms with E-state index in [1.807, 2.05) is 25.1 Å². The van der Waals surface area contributed by atoms with Crippen LogP contribution in [0.4, 0.5) is 0 Å². The van der Waals surface area contributed by atoms with Crippen LogP contribution in [-0.4, -0.2) is 9.97 Å². The van der Waals surface area contributed by atoms with Crippen molar-refractivity contribution in [2.24, 2.45) is 0 Å². The first-order valence-corrected chi connectivity index (χ1v) is 5.60. The molecule has 2 aromatic heterocycles. The lowest BCUT2D eigenvalue weighted by Crippen LogP contribution is -1.84. The minimum absolute atomic E-state index is 0.471. The van der Waals surface area contributed by atoms with E-state index in [9.17, 15) is 0 Å². The fourth-order valence-electron chi connectivity index (χ4n) is 1.25. The summed E-state index contributed by atoms with van der Waals surface area (Å²) in [4.78, 5) is 9.85. The quantitative estimate of drug-likeness (QED) is 0.732. The molecule has 2 aromatic rings. The highest BCUT2D eigenvalue weighted by Gasteiger charge is 2.09. The molecule has 0 fully saturated rings. The topological polar surface area (TPSA) is 25.8 Å². The maximum Gasteiger partial charge on any atom is 0.108 e. The second-order valence-corrected chi connectivity index (χ2v) is 4.42. The van der Waals surface area contributed by atoms with E-state index in [4.69, 9.17) is 11.6 Å². The zero-order valence-electron chi connectivity index (χ0n) is 7.70. The van der Waals surface area contributed by atoms with Crippen LogP contribution in [0, 0.1) is 6.92 Å². The van der Waals surface area contributed by atoms with E-state index in [1.165, 1.54) is 4.88 Å². The van der Waals surface area contributed by atoms with Gasteiger partial charge in [-0.2, -0.15) is 0 Å². The Balaban J connectivity index is 2.46. The van der Waals surface area contributed by atoms with E-state index in [0.29, 0.717) is 5.88 Å². The molecular weight excluding hydrogens is 216 g/mol. The molecule has 0 atom stereocenters. The Morgan fingerprint density at radius 2 is 2.29 bits per heavy atom. The number of rotatable bonds is 2. The van der Waals surface area contributed by atoms with Crippen molar-refractivity contribution in [3.63, 3.8) is 0 Å². The van der Waals surface area contributed by atoms with Crippen LogP contribution in [0.2, 0.25) is 0 Å². The van der Waals surface area contributed by atoms with Crippen LogP contribution in [0.15, 0.2) is 24.4 Å². The minimum atomic E-state index is 0.471. The molecule has 14 heavy (non-hydrogen) atoms. The molecule has 72 valence electrons. The molecule has 0 aliphatic carbocycles. The molecule has 0 aliphatic heterocycles. The Labute approximate surface area is 91.6 Å². The highest BCUT2D eigenvalue weighted by molar-refractivity contribution is 7.12. The summed E-state index contributed by atoms with van der Waals surface area (Å²) in [6.45, 7) is 2.04. The average molecular weight is 225 g/mol. The first-order valence-electron chi connectivity index (χ1n) is 4.25. The molecule has 2 heterocycles. The molecule has 0 saturated carbocycles. The van der Waals surface area contributed by atoms with Gasteiger partial charge in [-0.3, -0.25) is 4.98 Å².